The molecular weight excluding hydrogens is 374 g/mol. The first kappa shape index (κ1) is 18.3. The van der Waals surface area contributed by atoms with E-state index >= 15 is 0 Å². The Bertz CT molecular complexity index is 1020. The Morgan fingerprint density at radius 2 is 1.96 bits per heavy atom. The van der Waals surface area contributed by atoms with Crippen LogP contribution in [0.1, 0.15) is 22.5 Å². The van der Waals surface area contributed by atoms with Crippen LogP contribution in [-0.4, -0.2) is 24.5 Å². The van der Waals surface area contributed by atoms with Crippen LogP contribution in [0.25, 0.3) is 0 Å². The largest absolute Gasteiger partial charge is 0.495 e. The Morgan fingerprint density at radius 1 is 1.14 bits per heavy atom. The number of hydrogen-bond donors (Lipinski definition) is 1. The van der Waals surface area contributed by atoms with Gasteiger partial charge in [0.1, 0.15) is 11.4 Å². The van der Waals surface area contributed by atoms with Crippen molar-refractivity contribution in [1.29, 1.82) is 0 Å². The number of hydrogen-bond acceptors (Lipinski definition) is 4. The van der Waals surface area contributed by atoms with E-state index in [9.17, 15) is 4.79 Å². The molecular formula is C22H20ClN3O2. The van der Waals surface area contributed by atoms with Crippen molar-refractivity contribution in [1.82, 2.24) is 4.98 Å². The molecule has 2 aromatic carbocycles. The summed E-state index contributed by atoms with van der Waals surface area (Å²) in [6.45, 7) is 0.698. The van der Waals surface area contributed by atoms with Crippen LogP contribution in [-0.2, 0) is 6.42 Å². The molecule has 1 N–H and O–H groups in total. The molecule has 1 aliphatic rings. The number of rotatable bonds is 4. The van der Waals surface area contributed by atoms with Gasteiger partial charge in [-0.15, -0.1) is 0 Å². The monoisotopic (exact) mass is 393 g/mol. The lowest BCUT2D eigenvalue weighted by atomic mass is 10.0. The summed E-state index contributed by atoms with van der Waals surface area (Å²) in [7, 11) is 1.58. The lowest BCUT2D eigenvalue weighted by Gasteiger charge is -2.29. The van der Waals surface area contributed by atoms with Crippen molar-refractivity contribution in [2.45, 2.75) is 12.8 Å². The first-order chi connectivity index (χ1) is 13.7. The number of anilines is 3. The molecule has 1 aromatic heterocycles. The van der Waals surface area contributed by atoms with Crippen molar-refractivity contribution in [2.24, 2.45) is 0 Å². The van der Waals surface area contributed by atoms with E-state index in [4.69, 9.17) is 16.3 Å². The summed E-state index contributed by atoms with van der Waals surface area (Å²) < 4.78 is 5.18. The summed E-state index contributed by atoms with van der Waals surface area (Å²) in [6, 6.07) is 17.1. The number of nitrogens with one attached hydrogen (secondary N) is 1. The molecule has 28 heavy (non-hydrogen) atoms. The van der Waals surface area contributed by atoms with Crippen LogP contribution in [0.2, 0.25) is 5.02 Å². The molecule has 0 unspecified atom stereocenters. The first-order valence-corrected chi connectivity index (χ1v) is 9.50. The smallest absolute Gasteiger partial charge is 0.276 e. The maximum Gasteiger partial charge on any atom is 0.276 e. The number of aromatic nitrogens is 1. The quantitative estimate of drug-likeness (QED) is 0.671. The number of nitrogens with zero attached hydrogens (tertiary/aromatic N) is 2. The van der Waals surface area contributed by atoms with E-state index in [1.165, 1.54) is 5.56 Å². The highest BCUT2D eigenvalue weighted by Crippen LogP contribution is 2.30. The number of halogens is 1. The standard InChI is InChI=1S/C22H20ClN3O2/c1-28-21-9-8-16(13-18(21)23)25-17-10-11-24-19(14-17)22(27)26-12-4-6-15-5-2-3-7-20(15)26/h2-3,5,7-11,13-14H,4,6,12H2,1H3,(H,24,25). The highest BCUT2D eigenvalue weighted by atomic mass is 35.5. The number of ether oxygens (including phenoxy) is 1. The van der Waals surface area contributed by atoms with Crippen molar-refractivity contribution in [2.75, 3.05) is 23.9 Å². The number of pyridine rings is 1. The molecule has 0 radical (unpaired) electrons. The number of methoxy groups -OCH3 is 1. The summed E-state index contributed by atoms with van der Waals surface area (Å²) in [5, 5.41) is 3.78. The van der Waals surface area contributed by atoms with Gasteiger partial charge in [-0.2, -0.15) is 0 Å². The van der Waals surface area contributed by atoms with Crippen LogP contribution in [0.15, 0.2) is 60.8 Å². The Kier molecular flexibility index (Phi) is 5.17. The van der Waals surface area contributed by atoms with Crippen molar-refractivity contribution >= 4 is 34.6 Å². The number of aryl methyl sites for hydroxylation is 1. The summed E-state index contributed by atoms with van der Waals surface area (Å²) in [5.41, 5.74) is 4.15. The van der Waals surface area contributed by atoms with Gasteiger partial charge in [0.25, 0.3) is 5.91 Å². The minimum absolute atomic E-state index is 0.0939. The molecule has 5 nitrogen and oxygen atoms in total. The second kappa shape index (κ2) is 7.90. The Balaban J connectivity index is 1.57. The zero-order valence-corrected chi connectivity index (χ0v) is 16.2. The molecule has 3 aromatic rings. The van der Waals surface area contributed by atoms with E-state index in [0.29, 0.717) is 23.0 Å². The Labute approximate surface area is 168 Å². The lowest BCUT2D eigenvalue weighted by Crippen LogP contribution is -2.35. The zero-order valence-electron chi connectivity index (χ0n) is 15.5. The molecule has 6 heteroatoms. The number of amides is 1. The predicted molar refractivity (Wildman–Crippen MR) is 112 cm³/mol. The molecule has 0 fully saturated rings. The number of fused-ring (bicyclic) bond motifs is 1. The molecule has 0 aliphatic carbocycles. The van der Waals surface area contributed by atoms with Crippen molar-refractivity contribution in [3.05, 3.63) is 77.1 Å². The fourth-order valence-electron chi connectivity index (χ4n) is 3.42. The fraction of sp³-hybridized carbons (Fsp3) is 0.182. The molecule has 0 spiro atoms. The van der Waals surface area contributed by atoms with E-state index in [2.05, 4.69) is 16.4 Å². The van der Waals surface area contributed by atoms with Crippen LogP contribution in [0.5, 0.6) is 5.75 Å². The molecule has 4 rings (SSSR count). The fourth-order valence-corrected chi connectivity index (χ4v) is 3.68. The van der Waals surface area contributed by atoms with Gasteiger partial charge >= 0.3 is 0 Å². The molecule has 0 bridgehead atoms. The predicted octanol–water partition coefficient (Wildman–Crippen LogP) is 5.08. The van der Waals surface area contributed by atoms with Crippen molar-refractivity contribution < 1.29 is 9.53 Å². The highest BCUT2D eigenvalue weighted by Gasteiger charge is 2.24. The second-order valence-corrected chi connectivity index (χ2v) is 7.00. The van der Waals surface area contributed by atoms with Gasteiger partial charge in [-0.1, -0.05) is 29.8 Å². The van der Waals surface area contributed by atoms with Gasteiger partial charge in [-0.05, 0) is 54.8 Å². The topological polar surface area (TPSA) is 54.5 Å². The van der Waals surface area contributed by atoms with E-state index in [-0.39, 0.29) is 5.91 Å². The first-order valence-electron chi connectivity index (χ1n) is 9.12. The van der Waals surface area contributed by atoms with E-state index in [0.717, 1.165) is 29.9 Å². The summed E-state index contributed by atoms with van der Waals surface area (Å²) >= 11 is 6.19. The second-order valence-electron chi connectivity index (χ2n) is 6.59. The molecule has 0 saturated carbocycles. The van der Waals surface area contributed by atoms with Gasteiger partial charge in [-0.3, -0.25) is 9.78 Å². The van der Waals surface area contributed by atoms with Crippen LogP contribution >= 0.6 is 11.6 Å². The summed E-state index contributed by atoms with van der Waals surface area (Å²) in [4.78, 5) is 19.2. The van der Waals surface area contributed by atoms with Crippen molar-refractivity contribution in [3.63, 3.8) is 0 Å². The SMILES string of the molecule is COc1ccc(Nc2ccnc(C(=O)N3CCCc4ccccc43)c2)cc1Cl. The zero-order chi connectivity index (χ0) is 19.5. The molecule has 0 atom stereocenters. The molecule has 142 valence electrons. The third-order valence-corrected chi connectivity index (χ3v) is 5.07. The minimum atomic E-state index is -0.0939. The van der Waals surface area contributed by atoms with Crippen LogP contribution in [0.3, 0.4) is 0 Å². The average molecular weight is 394 g/mol. The molecule has 1 amide bonds. The summed E-state index contributed by atoms with van der Waals surface area (Å²) in [6.07, 6.45) is 3.58. The van der Waals surface area contributed by atoms with Crippen molar-refractivity contribution in [3.8, 4) is 5.75 Å². The van der Waals surface area contributed by atoms with Crippen LogP contribution in [0.4, 0.5) is 17.1 Å². The van der Waals surface area contributed by atoms with E-state index in [1.54, 1.807) is 31.5 Å². The van der Waals surface area contributed by atoms with Gasteiger partial charge < -0.3 is 15.0 Å². The van der Waals surface area contributed by atoms with Crippen LogP contribution in [0, 0.1) is 0 Å². The van der Waals surface area contributed by atoms with E-state index in [1.807, 2.05) is 35.2 Å². The summed E-state index contributed by atoms with van der Waals surface area (Å²) in [5.74, 6) is 0.519. The number of carbonyl (C=O) groups is 1. The minimum Gasteiger partial charge on any atom is -0.495 e. The van der Waals surface area contributed by atoms with Gasteiger partial charge in [-0.25, -0.2) is 0 Å². The van der Waals surface area contributed by atoms with Gasteiger partial charge in [0.2, 0.25) is 0 Å². The van der Waals surface area contributed by atoms with Crippen LogP contribution < -0.4 is 15.0 Å². The maximum absolute atomic E-state index is 13.1. The molecule has 0 saturated heterocycles. The maximum atomic E-state index is 13.1. The normalized spacial score (nSPS) is 13.0. The number of carbonyl (C=O) groups excluding carboxylic acids is 1. The third kappa shape index (κ3) is 3.66. The van der Waals surface area contributed by atoms with Gasteiger partial charge in [0, 0.05) is 29.8 Å². The average Bonchev–Trinajstić information content (AvgIpc) is 2.73. The van der Waals surface area contributed by atoms with Gasteiger partial charge in [0.15, 0.2) is 0 Å². The molecule has 1 aliphatic heterocycles. The number of benzene rings is 2. The lowest BCUT2D eigenvalue weighted by molar-refractivity contribution is 0.0980. The number of para-hydroxylation sites is 1. The van der Waals surface area contributed by atoms with Gasteiger partial charge in [0.05, 0.1) is 12.1 Å². The highest BCUT2D eigenvalue weighted by molar-refractivity contribution is 6.32. The van der Waals surface area contributed by atoms with E-state index < -0.39 is 0 Å². The molecule has 2 heterocycles. The Hall–Kier alpha value is -3.05. The Morgan fingerprint density at radius 3 is 2.79 bits per heavy atom. The third-order valence-electron chi connectivity index (χ3n) is 4.77.